The highest BCUT2D eigenvalue weighted by molar-refractivity contribution is 7.95. The second-order valence-electron chi connectivity index (χ2n) is 7.85. The molecule has 2 aliphatic heterocycles. The topological polar surface area (TPSA) is 91.8 Å². The average molecular weight is 431 g/mol. The van der Waals surface area contributed by atoms with Crippen LogP contribution >= 0.6 is 0 Å². The van der Waals surface area contributed by atoms with Gasteiger partial charge in [-0.2, -0.15) is 4.31 Å². The highest BCUT2D eigenvalue weighted by atomic mass is 32.2. The monoisotopic (exact) mass is 430 g/mol. The summed E-state index contributed by atoms with van der Waals surface area (Å²) < 4.78 is 63.2. The third-order valence-corrected chi connectivity index (χ3v) is 10.4. The third kappa shape index (κ3) is 3.46. The first-order chi connectivity index (χ1) is 13.1. The van der Waals surface area contributed by atoms with Gasteiger partial charge in [-0.05, 0) is 37.0 Å². The van der Waals surface area contributed by atoms with Gasteiger partial charge in [-0.1, -0.05) is 12.1 Å². The van der Waals surface area contributed by atoms with E-state index in [1.165, 1.54) is 16.4 Å². The van der Waals surface area contributed by atoms with E-state index in [0.29, 0.717) is 12.8 Å². The molecule has 0 spiro atoms. The smallest absolute Gasteiger partial charge is 0.233 e. The summed E-state index contributed by atoms with van der Waals surface area (Å²) in [5.41, 5.74) is 0.180. The van der Waals surface area contributed by atoms with Crippen LogP contribution in [0.1, 0.15) is 24.8 Å². The van der Waals surface area contributed by atoms with Gasteiger partial charge in [-0.25, -0.2) is 21.2 Å². The molecule has 1 atom stereocenters. The predicted octanol–water partition coefficient (Wildman–Crippen LogP) is 0.518. The first kappa shape index (κ1) is 19.8. The number of sulfonamides is 1. The SMILES string of the molecule is O=C(N1CCN(S(=O)(=O)C2CCS(=O)(=O)C2)CC1)C1(c2ccc(F)cc2)CC1. The summed E-state index contributed by atoms with van der Waals surface area (Å²) in [6, 6.07) is 5.98. The average Bonchev–Trinajstić information content (AvgIpc) is 3.39. The van der Waals surface area contributed by atoms with Crippen molar-refractivity contribution in [3.8, 4) is 0 Å². The van der Waals surface area contributed by atoms with E-state index in [1.807, 2.05) is 0 Å². The summed E-state index contributed by atoms with van der Waals surface area (Å²) in [5, 5.41) is -0.881. The second kappa shape index (κ2) is 6.77. The number of carbonyl (C=O) groups is 1. The Hall–Kier alpha value is -1.52. The number of benzene rings is 1. The molecule has 4 rings (SSSR count). The van der Waals surface area contributed by atoms with E-state index in [0.717, 1.165) is 5.56 Å². The molecule has 1 unspecified atom stereocenters. The van der Waals surface area contributed by atoms with Crippen molar-refractivity contribution in [2.75, 3.05) is 37.7 Å². The number of hydrogen-bond donors (Lipinski definition) is 0. The van der Waals surface area contributed by atoms with Crippen molar-refractivity contribution >= 4 is 25.8 Å². The van der Waals surface area contributed by atoms with Gasteiger partial charge >= 0.3 is 0 Å². The number of sulfone groups is 1. The van der Waals surface area contributed by atoms with Gasteiger partial charge in [0.25, 0.3) is 0 Å². The van der Waals surface area contributed by atoms with Crippen LogP contribution < -0.4 is 0 Å². The molecule has 1 aliphatic carbocycles. The maximum atomic E-state index is 13.2. The number of carbonyl (C=O) groups excluding carboxylic acids is 1. The van der Waals surface area contributed by atoms with Gasteiger partial charge in [0.15, 0.2) is 9.84 Å². The molecule has 2 saturated heterocycles. The number of nitrogens with zero attached hydrogens (tertiary/aromatic N) is 2. The lowest BCUT2D eigenvalue weighted by atomic mass is 9.94. The van der Waals surface area contributed by atoms with Crippen molar-refractivity contribution < 1.29 is 26.0 Å². The van der Waals surface area contributed by atoms with Gasteiger partial charge in [0.1, 0.15) is 5.82 Å². The third-order valence-electron chi connectivity index (χ3n) is 6.05. The number of halogens is 1. The van der Waals surface area contributed by atoms with Crippen molar-refractivity contribution in [1.82, 2.24) is 9.21 Å². The van der Waals surface area contributed by atoms with Crippen molar-refractivity contribution in [3.63, 3.8) is 0 Å². The van der Waals surface area contributed by atoms with Crippen LogP contribution in [0.25, 0.3) is 0 Å². The van der Waals surface area contributed by atoms with Crippen LogP contribution in [0.15, 0.2) is 24.3 Å². The Labute approximate surface area is 164 Å². The highest BCUT2D eigenvalue weighted by Crippen LogP contribution is 2.49. The standard InChI is InChI=1S/C18H23FN2O5S2/c19-15-3-1-14(2-4-15)18(6-7-18)17(22)20-8-10-21(11-9-20)28(25,26)16-5-12-27(23,24)13-16/h1-4,16H,5-13H2. The van der Waals surface area contributed by atoms with E-state index in [1.54, 1.807) is 17.0 Å². The number of amides is 1. The summed E-state index contributed by atoms with van der Waals surface area (Å²) in [7, 11) is -6.97. The zero-order chi connectivity index (χ0) is 20.2. The predicted molar refractivity (Wildman–Crippen MR) is 101 cm³/mol. The summed E-state index contributed by atoms with van der Waals surface area (Å²) in [4.78, 5) is 14.7. The summed E-state index contributed by atoms with van der Waals surface area (Å²) >= 11 is 0. The van der Waals surface area contributed by atoms with Crippen LogP contribution in [0.5, 0.6) is 0 Å². The molecule has 3 aliphatic rings. The molecule has 154 valence electrons. The second-order valence-corrected chi connectivity index (χ2v) is 12.3. The number of hydrogen-bond acceptors (Lipinski definition) is 5. The van der Waals surface area contributed by atoms with E-state index in [2.05, 4.69) is 0 Å². The molecule has 1 saturated carbocycles. The first-order valence-corrected chi connectivity index (χ1v) is 12.7. The zero-order valence-corrected chi connectivity index (χ0v) is 17.0. The van der Waals surface area contributed by atoms with E-state index in [4.69, 9.17) is 0 Å². The maximum Gasteiger partial charge on any atom is 0.233 e. The Kier molecular flexibility index (Phi) is 4.79. The highest BCUT2D eigenvalue weighted by Gasteiger charge is 2.53. The summed E-state index contributed by atoms with van der Waals surface area (Å²) in [5.74, 6) is -0.795. The number of piperazine rings is 1. The molecule has 0 N–H and O–H groups in total. The first-order valence-electron chi connectivity index (χ1n) is 9.39. The molecule has 28 heavy (non-hydrogen) atoms. The van der Waals surface area contributed by atoms with Gasteiger partial charge in [0.2, 0.25) is 15.9 Å². The fourth-order valence-corrected chi connectivity index (χ4v) is 8.69. The van der Waals surface area contributed by atoms with Gasteiger partial charge in [-0.15, -0.1) is 0 Å². The Bertz CT molecular complexity index is 979. The van der Waals surface area contributed by atoms with Crippen LogP contribution in [-0.4, -0.2) is 74.9 Å². The molecule has 1 aromatic rings. The molecule has 3 fully saturated rings. The van der Waals surface area contributed by atoms with Crippen LogP contribution in [0, 0.1) is 5.82 Å². The van der Waals surface area contributed by atoms with E-state index >= 15 is 0 Å². The largest absolute Gasteiger partial charge is 0.339 e. The Balaban J connectivity index is 1.42. The van der Waals surface area contributed by atoms with E-state index in [-0.39, 0.29) is 55.8 Å². The Morgan fingerprint density at radius 3 is 2.18 bits per heavy atom. The van der Waals surface area contributed by atoms with Gasteiger partial charge in [0, 0.05) is 26.2 Å². The van der Waals surface area contributed by atoms with Gasteiger partial charge in [-0.3, -0.25) is 4.79 Å². The van der Waals surface area contributed by atoms with Crippen LogP contribution in [0.3, 0.4) is 0 Å². The molecule has 7 nitrogen and oxygen atoms in total. The van der Waals surface area contributed by atoms with Gasteiger partial charge < -0.3 is 4.90 Å². The van der Waals surface area contributed by atoms with Crippen LogP contribution in [-0.2, 0) is 30.1 Å². The van der Waals surface area contributed by atoms with E-state index in [9.17, 15) is 26.0 Å². The van der Waals surface area contributed by atoms with Crippen LogP contribution in [0.4, 0.5) is 4.39 Å². The molecular formula is C18H23FN2O5S2. The molecule has 1 aromatic carbocycles. The minimum absolute atomic E-state index is 0.0420. The molecule has 1 amide bonds. The summed E-state index contributed by atoms with van der Waals surface area (Å²) in [6.45, 7) is 0.898. The molecule has 10 heteroatoms. The lowest BCUT2D eigenvalue weighted by molar-refractivity contribution is -0.135. The molecule has 2 heterocycles. The Morgan fingerprint density at radius 1 is 1.07 bits per heavy atom. The van der Waals surface area contributed by atoms with Crippen molar-refractivity contribution in [3.05, 3.63) is 35.6 Å². The molecule has 0 aromatic heterocycles. The van der Waals surface area contributed by atoms with Crippen molar-refractivity contribution in [1.29, 1.82) is 0 Å². The minimum atomic E-state index is -3.68. The fraction of sp³-hybridized carbons (Fsp3) is 0.611. The van der Waals surface area contributed by atoms with E-state index < -0.39 is 30.5 Å². The summed E-state index contributed by atoms with van der Waals surface area (Å²) in [6.07, 6.45) is 1.54. The Morgan fingerprint density at radius 2 is 1.68 bits per heavy atom. The zero-order valence-electron chi connectivity index (χ0n) is 15.4. The molecule has 0 bridgehead atoms. The fourth-order valence-electron chi connectivity index (χ4n) is 4.17. The van der Waals surface area contributed by atoms with Crippen LogP contribution in [0.2, 0.25) is 0 Å². The van der Waals surface area contributed by atoms with Gasteiger partial charge in [0.05, 0.1) is 22.2 Å². The maximum absolute atomic E-state index is 13.2. The molecule has 0 radical (unpaired) electrons. The number of rotatable bonds is 4. The minimum Gasteiger partial charge on any atom is -0.339 e. The van der Waals surface area contributed by atoms with Crippen molar-refractivity contribution in [2.45, 2.75) is 29.9 Å². The van der Waals surface area contributed by atoms with Crippen molar-refractivity contribution in [2.24, 2.45) is 0 Å². The quantitative estimate of drug-likeness (QED) is 0.695. The lowest BCUT2D eigenvalue weighted by Crippen LogP contribution is -2.54. The normalized spacial score (nSPS) is 26.9. The molecular weight excluding hydrogens is 407 g/mol. The lowest BCUT2D eigenvalue weighted by Gasteiger charge is -2.37.